The van der Waals surface area contributed by atoms with Crippen molar-refractivity contribution in [3.05, 3.63) is 16.0 Å². The minimum atomic E-state index is -0.353. The van der Waals surface area contributed by atoms with E-state index in [1.54, 1.807) is 6.92 Å². The lowest BCUT2D eigenvalue weighted by Crippen LogP contribution is -2.35. The monoisotopic (exact) mass is 366 g/mol. The van der Waals surface area contributed by atoms with E-state index in [9.17, 15) is 9.59 Å². The van der Waals surface area contributed by atoms with E-state index in [-0.39, 0.29) is 16.9 Å². The molecule has 0 aliphatic heterocycles. The summed E-state index contributed by atoms with van der Waals surface area (Å²) in [6.45, 7) is 2.11. The van der Waals surface area contributed by atoms with Crippen LogP contribution in [0.3, 0.4) is 0 Å². The van der Waals surface area contributed by atoms with Crippen molar-refractivity contribution >= 4 is 45.4 Å². The summed E-state index contributed by atoms with van der Waals surface area (Å²) in [7, 11) is 0. The molecule has 0 spiro atoms. The molecule has 2 N–H and O–H groups in total. The molecule has 2 aliphatic carbocycles. The number of hydrogen-bond donors (Lipinski definition) is 2. The van der Waals surface area contributed by atoms with Crippen LogP contribution in [0.4, 0.5) is 5.00 Å². The molecule has 5 nitrogen and oxygen atoms in total. The second-order valence-electron chi connectivity index (χ2n) is 6.19. The molecule has 0 aromatic carbocycles. The molecule has 1 fully saturated rings. The normalized spacial score (nSPS) is 16.7. The Hall–Kier alpha value is -1.47. The molecule has 1 amide bonds. The number of carbonyl (C=O) groups is 2. The third kappa shape index (κ3) is 3.95. The molecule has 0 radical (unpaired) electrons. The summed E-state index contributed by atoms with van der Waals surface area (Å²) in [6, 6.07) is 0.327. The van der Waals surface area contributed by atoms with Crippen LogP contribution in [-0.4, -0.2) is 29.5 Å². The average molecular weight is 367 g/mol. The average Bonchev–Trinajstić information content (AvgIpc) is 3.33. The Bertz CT molecular complexity index is 665. The summed E-state index contributed by atoms with van der Waals surface area (Å²) in [5.74, 6) is -0.702. The number of hydrogen-bond acceptors (Lipinski definition) is 5. The Morgan fingerprint density at radius 3 is 2.71 bits per heavy atom. The van der Waals surface area contributed by atoms with E-state index in [0.29, 0.717) is 23.2 Å². The first-order chi connectivity index (χ1) is 11.6. The van der Waals surface area contributed by atoms with E-state index in [2.05, 4.69) is 10.6 Å². The van der Waals surface area contributed by atoms with Crippen molar-refractivity contribution in [1.29, 1.82) is 0 Å². The fourth-order valence-corrected chi connectivity index (χ4v) is 4.38. The summed E-state index contributed by atoms with van der Waals surface area (Å²) in [6.07, 6.45) is 7.26. The highest BCUT2D eigenvalue weighted by molar-refractivity contribution is 7.82. The minimum absolute atomic E-state index is 0.191. The van der Waals surface area contributed by atoms with Crippen LogP contribution < -0.4 is 10.6 Å². The van der Waals surface area contributed by atoms with Gasteiger partial charge in [0.25, 0.3) is 5.91 Å². The highest BCUT2D eigenvalue weighted by Crippen LogP contribution is 2.38. The number of thiocarbonyl (C=S) groups is 1. The minimum Gasteiger partial charge on any atom is -0.462 e. The Morgan fingerprint density at radius 1 is 1.25 bits per heavy atom. The highest BCUT2D eigenvalue weighted by atomic mass is 32.1. The van der Waals surface area contributed by atoms with Gasteiger partial charge in [-0.05, 0) is 51.0 Å². The zero-order chi connectivity index (χ0) is 17.1. The van der Waals surface area contributed by atoms with Crippen LogP contribution >= 0.6 is 23.6 Å². The Balaban J connectivity index is 1.83. The first kappa shape index (κ1) is 17.4. The maximum atomic E-state index is 12.4. The van der Waals surface area contributed by atoms with Gasteiger partial charge in [-0.2, -0.15) is 0 Å². The standard InChI is InChI=1S/C17H22N2O3S2/c1-2-22-17(21)13-11-6-4-3-5-7-12(11)24-16(13)19-14(20)15(23)18-10-8-9-10/h10H,2-9H2,1H3,(H,18,23)(H,19,20). The van der Waals surface area contributed by atoms with Crippen molar-refractivity contribution in [3.63, 3.8) is 0 Å². The molecule has 3 rings (SSSR count). The maximum absolute atomic E-state index is 12.4. The molecule has 0 atom stereocenters. The third-order valence-electron chi connectivity index (χ3n) is 4.25. The molecule has 1 heterocycles. The molecule has 0 bridgehead atoms. The predicted octanol–water partition coefficient (Wildman–Crippen LogP) is 3.21. The molecule has 7 heteroatoms. The maximum Gasteiger partial charge on any atom is 0.341 e. The Labute approximate surface area is 151 Å². The van der Waals surface area contributed by atoms with Crippen molar-refractivity contribution in [2.45, 2.75) is 57.9 Å². The predicted molar refractivity (Wildman–Crippen MR) is 98.9 cm³/mol. The highest BCUT2D eigenvalue weighted by Gasteiger charge is 2.28. The number of fused-ring (bicyclic) bond motifs is 1. The first-order valence-corrected chi connectivity index (χ1v) is 9.76. The van der Waals surface area contributed by atoms with Gasteiger partial charge < -0.3 is 15.4 Å². The zero-order valence-corrected chi connectivity index (χ0v) is 15.4. The van der Waals surface area contributed by atoms with Gasteiger partial charge in [0.05, 0.1) is 12.2 Å². The second kappa shape index (κ2) is 7.61. The van der Waals surface area contributed by atoms with Crippen LogP contribution in [0.15, 0.2) is 0 Å². The van der Waals surface area contributed by atoms with E-state index in [1.165, 1.54) is 22.6 Å². The fraction of sp³-hybridized carbons (Fsp3) is 0.588. The second-order valence-corrected chi connectivity index (χ2v) is 7.70. The van der Waals surface area contributed by atoms with Gasteiger partial charge in [0.1, 0.15) is 5.00 Å². The van der Waals surface area contributed by atoms with E-state index in [4.69, 9.17) is 17.0 Å². The lowest BCUT2D eigenvalue weighted by molar-refractivity contribution is -0.110. The molecular weight excluding hydrogens is 344 g/mol. The molecule has 0 saturated heterocycles. The number of esters is 1. The molecule has 130 valence electrons. The van der Waals surface area contributed by atoms with Crippen LogP contribution in [0.5, 0.6) is 0 Å². The number of nitrogens with one attached hydrogen (secondary N) is 2. The number of ether oxygens (including phenoxy) is 1. The summed E-state index contributed by atoms with van der Waals surface area (Å²) >= 11 is 6.64. The number of rotatable bonds is 4. The summed E-state index contributed by atoms with van der Waals surface area (Å²) in [4.78, 5) is 26.1. The van der Waals surface area contributed by atoms with Crippen molar-refractivity contribution in [1.82, 2.24) is 5.32 Å². The Kier molecular flexibility index (Phi) is 5.50. The largest absolute Gasteiger partial charge is 0.462 e. The number of carbonyl (C=O) groups excluding carboxylic acids is 2. The molecular formula is C17H22N2O3S2. The fourth-order valence-electron chi connectivity index (χ4n) is 2.89. The van der Waals surface area contributed by atoms with Crippen LogP contribution in [0.2, 0.25) is 0 Å². The lowest BCUT2D eigenvalue weighted by atomic mass is 10.1. The van der Waals surface area contributed by atoms with Gasteiger partial charge in [0, 0.05) is 10.9 Å². The molecule has 2 aliphatic rings. The lowest BCUT2D eigenvalue weighted by Gasteiger charge is -2.09. The van der Waals surface area contributed by atoms with E-state index in [0.717, 1.165) is 44.1 Å². The van der Waals surface area contributed by atoms with Gasteiger partial charge in [-0.1, -0.05) is 18.6 Å². The molecule has 1 aromatic rings. The number of amides is 1. The van der Waals surface area contributed by atoms with E-state index >= 15 is 0 Å². The smallest absolute Gasteiger partial charge is 0.341 e. The summed E-state index contributed by atoms with van der Waals surface area (Å²) < 4.78 is 5.22. The van der Waals surface area contributed by atoms with E-state index < -0.39 is 0 Å². The van der Waals surface area contributed by atoms with Crippen LogP contribution in [0.25, 0.3) is 0 Å². The van der Waals surface area contributed by atoms with Gasteiger partial charge >= 0.3 is 5.97 Å². The van der Waals surface area contributed by atoms with Crippen LogP contribution in [0, 0.1) is 0 Å². The molecule has 0 unspecified atom stereocenters. The number of thiophene rings is 1. The van der Waals surface area contributed by atoms with Gasteiger partial charge in [0.15, 0.2) is 4.99 Å². The third-order valence-corrected chi connectivity index (χ3v) is 5.76. The summed E-state index contributed by atoms with van der Waals surface area (Å²) in [5, 5.41) is 6.44. The molecule has 24 heavy (non-hydrogen) atoms. The van der Waals surface area contributed by atoms with Crippen molar-refractivity contribution < 1.29 is 14.3 Å². The van der Waals surface area contributed by atoms with Crippen molar-refractivity contribution in [2.24, 2.45) is 0 Å². The number of aryl methyl sites for hydroxylation is 1. The van der Waals surface area contributed by atoms with Gasteiger partial charge in [-0.25, -0.2) is 4.79 Å². The molecule has 1 saturated carbocycles. The SMILES string of the molecule is CCOC(=O)c1c(NC(=O)C(=S)NC2CC2)sc2c1CCCCC2. The van der Waals surface area contributed by atoms with Crippen LogP contribution in [-0.2, 0) is 22.4 Å². The zero-order valence-electron chi connectivity index (χ0n) is 13.8. The van der Waals surface area contributed by atoms with E-state index in [1.807, 2.05) is 0 Å². The first-order valence-electron chi connectivity index (χ1n) is 8.53. The molecule has 1 aromatic heterocycles. The number of anilines is 1. The quantitative estimate of drug-likeness (QED) is 0.487. The van der Waals surface area contributed by atoms with Gasteiger partial charge in [-0.15, -0.1) is 11.3 Å². The van der Waals surface area contributed by atoms with Crippen molar-refractivity contribution in [3.8, 4) is 0 Å². The Morgan fingerprint density at radius 2 is 2.00 bits per heavy atom. The topological polar surface area (TPSA) is 67.4 Å². The van der Waals surface area contributed by atoms with Gasteiger partial charge in [0.2, 0.25) is 0 Å². The van der Waals surface area contributed by atoms with Crippen molar-refractivity contribution in [2.75, 3.05) is 11.9 Å². The van der Waals surface area contributed by atoms with Crippen LogP contribution in [0.1, 0.15) is 59.8 Å². The summed E-state index contributed by atoms with van der Waals surface area (Å²) in [5.41, 5.74) is 1.58. The van der Waals surface area contributed by atoms with Gasteiger partial charge in [-0.3, -0.25) is 4.79 Å².